The minimum Gasteiger partial charge on any atom is -0.378 e. The topological polar surface area (TPSA) is 12.0 Å². The fourth-order valence-electron chi connectivity index (χ4n) is 1.72. The fourth-order valence-corrected chi connectivity index (χ4v) is 2.93. The van der Waals surface area contributed by atoms with Crippen molar-refractivity contribution in [2.75, 3.05) is 5.32 Å². The van der Waals surface area contributed by atoms with Crippen molar-refractivity contribution < 1.29 is 4.39 Å². The molecule has 96 valence electrons. The van der Waals surface area contributed by atoms with Crippen LogP contribution in [0.25, 0.3) is 0 Å². The first-order chi connectivity index (χ1) is 8.60. The molecule has 1 aromatic heterocycles. The van der Waals surface area contributed by atoms with Crippen LogP contribution in [-0.4, -0.2) is 0 Å². The van der Waals surface area contributed by atoms with Gasteiger partial charge in [-0.2, -0.15) is 0 Å². The molecule has 0 fully saturated rings. The smallest absolute Gasteiger partial charge is 0.139 e. The van der Waals surface area contributed by atoms with Crippen LogP contribution in [0.5, 0.6) is 0 Å². The van der Waals surface area contributed by atoms with E-state index in [2.05, 4.69) is 47.2 Å². The molecule has 0 spiro atoms. The summed E-state index contributed by atoms with van der Waals surface area (Å²) in [4.78, 5) is 2.65. The van der Waals surface area contributed by atoms with Crippen molar-refractivity contribution >= 4 is 33.0 Å². The van der Waals surface area contributed by atoms with Crippen molar-refractivity contribution in [3.05, 3.63) is 50.4 Å². The third kappa shape index (κ3) is 3.12. The number of aryl methyl sites for hydroxylation is 1. The Balaban J connectivity index is 2.10. The minimum absolute atomic E-state index is 0.191. The molecule has 18 heavy (non-hydrogen) atoms. The number of hydrogen-bond acceptors (Lipinski definition) is 2. The third-order valence-corrected chi connectivity index (χ3v) is 4.82. The highest BCUT2D eigenvalue weighted by molar-refractivity contribution is 9.10. The number of halogens is 2. The van der Waals surface area contributed by atoms with Gasteiger partial charge in [0.15, 0.2) is 0 Å². The lowest BCUT2D eigenvalue weighted by molar-refractivity contribution is 0.621. The van der Waals surface area contributed by atoms with Crippen LogP contribution in [0.1, 0.15) is 29.6 Å². The van der Waals surface area contributed by atoms with Crippen molar-refractivity contribution in [3.8, 4) is 0 Å². The Morgan fingerprint density at radius 3 is 2.72 bits per heavy atom. The van der Waals surface area contributed by atoms with Crippen LogP contribution in [0.2, 0.25) is 0 Å². The monoisotopic (exact) mass is 327 g/mol. The highest BCUT2D eigenvalue weighted by atomic mass is 79.9. The molecule has 0 radical (unpaired) electrons. The highest BCUT2D eigenvalue weighted by Gasteiger charge is 2.09. The zero-order valence-corrected chi connectivity index (χ0v) is 12.7. The molecule has 1 heterocycles. The second-order valence-corrected chi connectivity index (χ2v) is 6.21. The van der Waals surface area contributed by atoms with E-state index >= 15 is 0 Å². The molecule has 0 amide bonds. The minimum atomic E-state index is -0.243. The van der Waals surface area contributed by atoms with Crippen LogP contribution in [0.15, 0.2) is 34.8 Å². The Morgan fingerprint density at radius 2 is 2.11 bits per heavy atom. The van der Waals surface area contributed by atoms with Gasteiger partial charge >= 0.3 is 0 Å². The first kappa shape index (κ1) is 13.6. The molecular formula is C14H15BrFNS. The molecule has 0 saturated heterocycles. The summed E-state index contributed by atoms with van der Waals surface area (Å²) < 4.78 is 13.9. The molecule has 1 atom stereocenters. The van der Waals surface area contributed by atoms with Crippen LogP contribution >= 0.6 is 27.3 Å². The zero-order chi connectivity index (χ0) is 13.1. The summed E-state index contributed by atoms with van der Waals surface area (Å²) in [6.07, 6.45) is 1.06. The number of nitrogens with one attached hydrogen (secondary N) is 1. The van der Waals surface area contributed by atoms with Crippen molar-refractivity contribution in [2.45, 2.75) is 26.3 Å². The molecule has 0 aliphatic heterocycles. The average Bonchev–Trinajstić information content (AvgIpc) is 2.82. The highest BCUT2D eigenvalue weighted by Crippen LogP contribution is 2.27. The lowest BCUT2D eigenvalue weighted by Gasteiger charge is -2.14. The van der Waals surface area contributed by atoms with Gasteiger partial charge in [0.25, 0.3) is 0 Å². The summed E-state index contributed by atoms with van der Waals surface area (Å²) in [5.74, 6) is -0.243. The number of anilines is 1. The molecule has 1 aromatic carbocycles. The van der Waals surface area contributed by atoms with E-state index in [1.807, 2.05) is 6.07 Å². The van der Waals surface area contributed by atoms with Gasteiger partial charge in [-0.05, 0) is 59.6 Å². The van der Waals surface area contributed by atoms with E-state index < -0.39 is 0 Å². The predicted molar refractivity (Wildman–Crippen MR) is 79.8 cm³/mol. The summed E-state index contributed by atoms with van der Waals surface area (Å²) >= 11 is 4.95. The summed E-state index contributed by atoms with van der Waals surface area (Å²) in [7, 11) is 0. The molecule has 0 aliphatic carbocycles. The van der Waals surface area contributed by atoms with E-state index in [0.717, 1.165) is 12.1 Å². The van der Waals surface area contributed by atoms with Gasteiger partial charge in [0.1, 0.15) is 5.82 Å². The SMILES string of the molecule is CCc1ccc(C(C)Nc2ccc(Br)c(F)c2)s1. The van der Waals surface area contributed by atoms with E-state index in [4.69, 9.17) is 0 Å². The maximum atomic E-state index is 13.4. The second-order valence-electron chi connectivity index (χ2n) is 4.15. The molecule has 1 unspecified atom stereocenters. The molecule has 2 rings (SSSR count). The summed E-state index contributed by atoms with van der Waals surface area (Å²) in [5, 5.41) is 3.31. The predicted octanol–water partition coefficient (Wildman–Crippen LogP) is 5.39. The normalized spacial score (nSPS) is 12.4. The maximum Gasteiger partial charge on any atom is 0.139 e. The van der Waals surface area contributed by atoms with Crippen molar-refractivity contribution in [1.82, 2.24) is 0 Å². The standard InChI is InChI=1S/C14H15BrFNS/c1-3-11-5-7-14(18-11)9(2)17-10-4-6-12(15)13(16)8-10/h4-9,17H,3H2,1-2H3. The van der Waals surface area contributed by atoms with E-state index in [1.165, 1.54) is 15.8 Å². The van der Waals surface area contributed by atoms with Crippen LogP contribution < -0.4 is 5.32 Å². The van der Waals surface area contributed by atoms with Crippen LogP contribution in [0, 0.1) is 5.82 Å². The van der Waals surface area contributed by atoms with Crippen LogP contribution in [0.4, 0.5) is 10.1 Å². The first-order valence-corrected chi connectivity index (χ1v) is 7.51. The van der Waals surface area contributed by atoms with Gasteiger partial charge in [-0.3, -0.25) is 0 Å². The Morgan fingerprint density at radius 1 is 1.33 bits per heavy atom. The van der Waals surface area contributed by atoms with Crippen molar-refractivity contribution in [3.63, 3.8) is 0 Å². The number of rotatable bonds is 4. The summed E-state index contributed by atoms with van der Waals surface area (Å²) in [5.41, 5.74) is 0.801. The fraction of sp³-hybridized carbons (Fsp3) is 0.286. The molecule has 2 aromatic rings. The summed E-state index contributed by atoms with van der Waals surface area (Å²) in [6.45, 7) is 4.24. The Bertz CT molecular complexity index is 538. The number of benzene rings is 1. The lowest BCUT2D eigenvalue weighted by atomic mass is 10.2. The van der Waals surface area contributed by atoms with Crippen molar-refractivity contribution in [2.24, 2.45) is 0 Å². The van der Waals surface area contributed by atoms with E-state index in [1.54, 1.807) is 17.4 Å². The average molecular weight is 328 g/mol. The van der Waals surface area contributed by atoms with E-state index in [-0.39, 0.29) is 11.9 Å². The molecule has 4 heteroatoms. The molecule has 1 nitrogen and oxygen atoms in total. The first-order valence-electron chi connectivity index (χ1n) is 5.90. The van der Waals surface area contributed by atoms with Gasteiger partial charge in [0.2, 0.25) is 0 Å². The van der Waals surface area contributed by atoms with Crippen molar-refractivity contribution in [1.29, 1.82) is 0 Å². The van der Waals surface area contributed by atoms with E-state index in [9.17, 15) is 4.39 Å². The maximum absolute atomic E-state index is 13.4. The second kappa shape index (κ2) is 5.85. The van der Waals surface area contributed by atoms with E-state index in [0.29, 0.717) is 4.47 Å². The Labute approximate surface area is 119 Å². The third-order valence-electron chi connectivity index (χ3n) is 2.76. The van der Waals surface area contributed by atoms with Crippen LogP contribution in [-0.2, 0) is 6.42 Å². The molecule has 1 N–H and O–H groups in total. The molecule has 0 saturated carbocycles. The zero-order valence-electron chi connectivity index (χ0n) is 10.3. The van der Waals surface area contributed by atoms with Gasteiger partial charge in [-0.25, -0.2) is 4.39 Å². The Kier molecular flexibility index (Phi) is 4.40. The molecular weight excluding hydrogens is 313 g/mol. The largest absolute Gasteiger partial charge is 0.378 e. The number of thiophene rings is 1. The van der Waals surface area contributed by atoms with Gasteiger partial charge in [-0.1, -0.05) is 6.92 Å². The lowest BCUT2D eigenvalue weighted by Crippen LogP contribution is -2.04. The van der Waals surface area contributed by atoms with Gasteiger partial charge < -0.3 is 5.32 Å². The van der Waals surface area contributed by atoms with Gasteiger partial charge in [0.05, 0.1) is 10.5 Å². The molecule has 0 bridgehead atoms. The molecule has 0 aliphatic rings. The number of hydrogen-bond donors (Lipinski definition) is 1. The van der Waals surface area contributed by atoms with Crippen LogP contribution in [0.3, 0.4) is 0 Å². The van der Waals surface area contributed by atoms with Gasteiger partial charge in [-0.15, -0.1) is 11.3 Å². The Hall–Kier alpha value is -0.870. The summed E-state index contributed by atoms with van der Waals surface area (Å²) in [6, 6.07) is 9.58. The quantitative estimate of drug-likeness (QED) is 0.794. The van der Waals surface area contributed by atoms with Gasteiger partial charge in [0, 0.05) is 15.4 Å².